The molecular formula is C14H20N4O3. The van der Waals surface area contributed by atoms with Gasteiger partial charge in [0.25, 0.3) is 0 Å². The Balaban J connectivity index is 2.34. The second-order valence-corrected chi connectivity index (χ2v) is 5.81. The predicted octanol–water partition coefficient (Wildman–Crippen LogP) is 1.96. The van der Waals surface area contributed by atoms with Crippen LogP contribution in [-0.2, 0) is 23.1 Å². The highest BCUT2D eigenvalue weighted by atomic mass is 16.5. The SMILES string of the molecule is CCc1oc(C(=O)OC)cc1Cn1nnnc1C(C)(C)C. The van der Waals surface area contributed by atoms with E-state index in [4.69, 9.17) is 4.42 Å². The van der Waals surface area contributed by atoms with Crippen LogP contribution in [0.25, 0.3) is 0 Å². The van der Waals surface area contributed by atoms with Crippen LogP contribution in [0.2, 0.25) is 0 Å². The molecule has 114 valence electrons. The van der Waals surface area contributed by atoms with Crippen molar-refractivity contribution in [3.63, 3.8) is 0 Å². The minimum atomic E-state index is -0.483. The van der Waals surface area contributed by atoms with Crippen molar-refractivity contribution in [2.75, 3.05) is 7.11 Å². The highest BCUT2D eigenvalue weighted by molar-refractivity contribution is 5.86. The van der Waals surface area contributed by atoms with Crippen molar-refractivity contribution in [2.45, 2.75) is 46.1 Å². The summed E-state index contributed by atoms with van der Waals surface area (Å²) in [5, 5.41) is 11.8. The Labute approximate surface area is 123 Å². The minimum absolute atomic E-state index is 0.162. The second kappa shape index (κ2) is 5.67. The van der Waals surface area contributed by atoms with E-state index >= 15 is 0 Å². The zero-order chi connectivity index (χ0) is 15.6. The van der Waals surface area contributed by atoms with E-state index in [-0.39, 0.29) is 11.2 Å². The Hall–Kier alpha value is -2.18. The number of aryl methyl sites for hydroxylation is 1. The molecule has 0 saturated carbocycles. The van der Waals surface area contributed by atoms with Crippen molar-refractivity contribution in [3.8, 4) is 0 Å². The maximum Gasteiger partial charge on any atom is 0.373 e. The van der Waals surface area contributed by atoms with Crippen molar-refractivity contribution >= 4 is 5.97 Å². The average Bonchev–Trinajstić information content (AvgIpc) is 3.04. The van der Waals surface area contributed by atoms with Gasteiger partial charge in [0.05, 0.1) is 13.7 Å². The van der Waals surface area contributed by atoms with Gasteiger partial charge in [-0.05, 0) is 16.5 Å². The monoisotopic (exact) mass is 292 g/mol. The van der Waals surface area contributed by atoms with Crippen LogP contribution in [0.15, 0.2) is 10.5 Å². The number of carbonyl (C=O) groups is 1. The van der Waals surface area contributed by atoms with Gasteiger partial charge < -0.3 is 9.15 Å². The third-order valence-corrected chi connectivity index (χ3v) is 3.13. The standard InChI is InChI=1S/C14H20N4O3/c1-6-10-9(7-11(21-10)12(19)20-5)8-18-13(14(2,3)4)15-16-17-18/h7H,6,8H2,1-5H3. The lowest BCUT2D eigenvalue weighted by Crippen LogP contribution is -2.20. The van der Waals surface area contributed by atoms with Crippen LogP contribution in [0, 0.1) is 0 Å². The highest BCUT2D eigenvalue weighted by Crippen LogP contribution is 2.22. The van der Waals surface area contributed by atoms with Gasteiger partial charge in [-0.2, -0.15) is 0 Å². The first-order valence-corrected chi connectivity index (χ1v) is 6.83. The van der Waals surface area contributed by atoms with Gasteiger partial charge in [0.2, 0.25) is 5.76 Å². The van der Waals surface area contributed by atoms with E-state index in [9.17, 15) is 4.79 Å². The number of ether oxygens (including phenoxy) is 1. The summed E-state index contributed by atoms with van der Waals surface area (Å²) in [6, 6.07) is 1.69. The molecule has 2 rings (SSSR count). The van der Waals surface area contributed by atoms with Gasteiger partial charge in [-0.3, -0.25) is 0 Å². The smallest absolute Gasteiger partial charge is 0.373 e. The van der Waals surface area contributed by atoms with Gasteiger partial charge in [-0.25, -0.2) is 9.48 Å². The van der Waals surface area contributed by atoms with E-state index < -0.39 is 5.97 Å². The first-order chi connectivity index (χ1) is 9.86. The van der Waals surface area contributed by atoms with Crippen molar-refractivity contribution in [2.24, 2.45) is 0 Å². The van der Waals surface area contributed by atoms with Crippen molar-refractivity contribution in [1.29, 1.82) is 0 Å². The quantitative estimate of drug-likeness (QED) is 0.801. The van der Waals surface area contributed by atoms with Crippen LogP contribution >= 0.6 is 0 Å². The van der Waals surface area contributed by atoms with Crippen LogP contribution in [0.3, 0.4) is 0 Å². The molecule has 0 radical (unpaired) electrons. The predicted molar refractivity (Wildman–Crippen MR) is 75.0 cm³/mol. The summed E-state index contributed by atoms with van der Waals surface area (Å²) >= 11 is 0. The number of methoxy groups -OCH3 is 1. The van der Waals surface area contributed by atoms with Crippen molar-refractivity contribution < 1.29 is 13.9 Å². The summed E-state index contributed by atoms with van der Waals surface area (Å²) in [6.45, 7) is 8.57. The van der Waals surface area contributed by atoms with Crippen LogP contribution in [0.5, 0.6) is 0 Å². The maximum atomic E-state index is 11.6. The highest BCUT2D eigenvalue weighted by Gasteiger charge is 2.24. The second-order valence-electron chi connectivity index (χ2n) is 5.81. The number of hydrogen-bond acceptors (Lipinski definition) is 6. The summed E-state index contributed by atoms with van der Waals surface area (Å²) in [7, 11) is 1.33. The summed E-state index contributed by atoms with van der Waals surface area (Å²) in [4.78, 5) is 11.6. The fraction of sp³-hybridized carbons (Fsp3) is 0.571. The first-order valence-electron chi connectivity index (χ1n) is 6.83. The molecule has 2 aromatic rings. The third-order valence-electron chi connectivity index (χ3n) is 3.13. The van der Waals surface area contributed by atoms with E-state index in [1.54, 1.807) is 10.7 Å². The van der Waals surface area contributed by atoms with Crippen molar-refractivity contribution in [1.82, 2.24) is 20.2 Å². The van der Waals surface area contributed by atoms with Gasteiger partial charge in [0, 0.05) is 17.4 Å². The summed E-state index contributed by atoms with van der Waals surface area (Å²) in [5.74, 6) is 1.24. The molecule has 0 N–H and O–H groups in total. The number of nitrogens with zero attached hydrogens (tertiary/aromatic N) is 4. The molecule has 0 aliphatic heterocycles. The summed E-state index contributed by atoms with van der Waals surface area (Å²) in [5.41, 5.74) is 0.723. The third kappa shape index (κ3) is 3.12. The molecule has 2 aromatic heterocycles. The lowest BCUT2D eigenvalue weighted by Gasteiger charge is -2.16. The fourth-order valence-electron chi connectivity index (χ4n) is 2.11. The molecule has 7 heteroatoms. The molecule has 21 heavy (non-hydrogen) atoms. The Morgan fingerprint density at radius 2 is 2.14 bits per heavy atom. The number of rotatable bonds is 4. The van der Waals surface area contributed by atoms with E-state index in [1.165, 1.54) is 7.11 Å². The van der Waals surface area contributed by atoms with Gasteiger partial charge in [0.1, 0.15) is 5.76 Å². The Bertz CT molecular complexity index is 637. The molecule has 0 bridgehead atoms. The molecule has 0 amide bonds. The normalized spacial score (nSPS) is 11.7. The number of carbonyl (C=O) groups excluding carboxylic acids is 1. The molecular weight excluding hydrogens is 272 g/mol. The molecule has 0 saturated heterocycles. The van der Waals surface area contributed by atoms with E-state index in [2.05, 4.69) is 20.3 Å². The molecule has 0 unspecified atom stereocenters. The van der Waals surface area contributed by atoms with E-state index in [0.29, 0.717) is 13.0 Å². The van der Waals surface area contributed by atoms with Gasteiger partial charge in [-0.15, -0.1) is 5.10 Å². The zero-order valence-corrected chi connectivity index (χ0v) is 13.0. The van der Waals surface area contributed by atoms with Crippen LogP contribution < -0.4 is 0 Å². The molecule has 0 aliphatic rings. The first kappa shape index (κ1) is 15.2. The molecule has 0 aromatic carbocycles. The summed E-state index contributed by atoms with van der Waals surface area (Å²) < 4.78 is 11.9. The van der Waals surface area contributed by atoms with Gasteiger partial charge in [-0.1, -0.05) is 27.7 Å². The number of esters is 1. The molecule has 0 atom stereocenters. The van der Waals surface area contributed by atoms with Crippen LogP contribution in [0.4, 0.5) is 0 Å². The number of hydrogen-bond donors (Lipinski definition) is 0. The lowest BCUT2D eigenvalue weighted by atomic mass is 9.96. The van der Waals surface area contributed by atoms with Crippen molar-refractivity contribution in [3.05, 3.63) is 29.0 Å². The zero-order valence-electron chi connectivity index (χ0n) is 13.0. The molecule has 0 fully saturated rings. The van der Waals surface area contributed by atoms with E-state index in [1.807, 2.05) is 27.7 Å². The average molecular weight is 292 g/mol. The summed E-state index contributed by atoms with van der Waals surface area (Å²) in [6.07, 6.45) is 0.680. The lowest BCUT2D eigenvalue weighted by molar-refractivity contribution is 0.0563. The van der Waals surface area contributed by atoms with Crippen LogP contribution in [0.1, 0.15) is 55.4 Å². The number of tetrazole rings is 1. The van der Waals surface area contributed by atoms with Gasteiger partial charge >= 0.3 is 5.97 Å². The number of aromatic nitrogens is 4. The largest absolute Gasteiger partial charge is 0.463 e. The van der Waals surface area contributed by atoms with Crippen LogP contribution in [-0.4, -0.2) is 33.3 Å². The topological polar surface area (TPSA) is 83.0 Å². The van der Waals surface area contributed by atoms with Gasteiger partial charge in [0.15, 0.2) is 5.82 Å². The Morgan fingerprint density at radius 3 is 2.71 bits per heavy atom. The molecule has 7 nitrogen and oxygen atoms in total. The molecule has 0 spiro atoms. The minimum Gasteiger partial charge on any atom is -0.463 e. The molecule has 2 heterocycles. The Kier molecular flexibility index (Phi) is 4.11. The Morgan fingerprint density at radius 1 is 1.43 bits per heavy atom. The fourth-order valence-corrected chi connectivity index (χ4v) is 2.11. The van der Waals surface area contributed by atoms with E-state index in [0.717, 1.165) is 17.1 Å². The number of furan rings is 1. The maximum absolute atomic E-state index is 11.6. The molecule has 0 aliphatic carbocycles.